The number of nitrogens with one attached hydrogen (secondary N) is 1. The van der Waals surface area contributed by atoms with E-state index in [-0.39, 0.29) is 29.7 Å². The van der Waals surface area contributed by atoms with Crippen molar-refractivity contribution in [3.05, 3.63) is 28.3 Å². The largest absolute Gasteiger partial charge is 0.393 e. The Morgan fingerprint density at radius 2 is 1.85 bits per heavy atom. The molecule has 1 aliphatic heterocycles. The number of anilines is 1. The maximum absolute atomic E-state index is 13.5. The van der Waals surface area contributed by atoms with Crippen molar-refractivity contribution in [2.45, 2.75) is 89.3 Å². The summed E-state index contributed by atoms with van der Waals surface area (Å²) in [6.45, 7) is 5.06. The first-order chi connectivity index (χ1) is 16.2. The van der Waals surface area contributed by atoms with Crippen LogP contribution in [0, 0.1) is 0 Å². The van der Waals surface area contributed by atoms with Crippen molar-refractivity contribution < 1.29 is 13.5 Å². The lowest BCUT2D eigenvalue weighted by Gasteiger charge is -2.32. The lowest BCUT2D eigenvalue weighted by molar-refractivity contribution is 0.122. The van der Waals surface area contributed by atoms with Gasteiger partial charge in [0.05, 0.1) is 23.3 Å². The second kappa shape index (κ2) is 10.3. The minimum Gasteiger partial charge on any atom is -0.393 e. The SMILES string of the molecule is CCCC(C)Nc1ncc2c(=O)n(C3CCN(S(C)(=O)=O)CC3)cc(C3CCC(O)CC3)c2n1. The average Bonchev–Trinajstić information content (AvgIpc) is 2.80. The normalized spacial score (nSPS) is 23.8. The van der Waals surface area contributed by atoms with E-state index >= 15 is 0 Å². The number of piperidine rings is 1. The Bertz CT molecular complexity index is 1170. The number of aliphatic hydroxyl groups is 1. The summed E-state index contributed by atoms with van der Waals surface area (Å²) in [6, 6.07) is 0.168. The molecule has 2 aromatic heterocycles. The fourth-order valence-electron chi connectivity index (χ4n) is 5.37. The monoisotopic (exact) mass is 491 g/mol. The molecule has 10 heteroatoms. The zero-order valence-corrected chi connectivity index (χ0v) is 21.2. The van der Waals surface area contributed by atoms with Crippen LogP contribution in [0.2, 0.25) is 0 Å². The van der Waals surface area contributed by atoms with Crippen LogP contribution in [-0.4, -0.2) is 63.9 Å². The Morgan fingerprint density at radius 3 is 2.47 bits per heavy atom. The second-order valence-electron chi connectivity index (χ2n) is 9.99. The number of rotatable bonds is 7. The summed E-state index contributed by atoms with van der Waals surface area (Å²) < 4.78 is 27.1. The molecular formula is C24H37N5O4S. The minimum atomic E-state index is -3.23. The molecule has 1 unspecified atom stereocenters. The van der Waals surface area contributed by atoms with Crippen molar-refractivity contribution >= 4 is 26.9 Å². The predicted octanol–water partition coefficient (Wildman–Crippen LogP) is 3.01. The molecule has 0 amide bonds. The summed E-state index contributed by atoms with van der Waals surface area (Å²) in [7, 11) is -3.23. The van der Waals surface area contributed by atoms with Crippen molar-refractivity contribution in [2.75, 3.05) is 24.7 Å². The molecular weight excluding hydrogens is 454 g/mol. The van der Waals surface area contributed by atoms with Gasteiger partial charge >= 0.3 is 0 Å². The summed E-state index contributed by atoms with van der Waals surface area (Å²) in [5, 5.41) is 13.9. The van der Waals surface area contributed by atoms with Gasteiger partial charge in [-0.3, -0.25) is 4.79 Å². The van der Waals surface area contributed by atoms with Gasteiger partial charge in [-0.25, -0.2) is 22.7 Å². The lowest BCUT2D eigenvalue weighted by atomic mass is 9.82. The minimum absolute atomic E-state index is 0.0646. The molecule has 1 aliphatic carbocycles. The first-order valence-electron chi connectivity index (χ1n) is 12.5. The molecule has 2 fully saturated rings. The molecule has 188 valence electrons. The van der Waals surface area contributed by atoms with Crippen LogP contribution in [0.15, 0.2) is 17.2 Å². The number of aliphatic hydroxyl groups excluding tert-OH is 1. The maximum Gasteiger partial charge on any atom is 0.261 e. The maximum atomic E-state index is 13.5. The number of fused-ring (bicyclic) bond motifs is 1. The van der Waals surface area contributed by atoms with Crippen molar-refractivity contribution in [1.82, 2.24) is 18.8 Å². The third kappa shape index (κ3) is 5.44. The van der Waals surface area contributed by atoms with E-state index in [1.54, 1.807) is 10.8 Å². The lowest BCUT2D eigenvalue weighted by Crippen LogP contribution is -2.40. The number of sulfonamides is 1. The first kappa shape index (κ1) is 25.1. The number of hydrogen-bond donors (Lipinski definition) is 2. The van der Waals surface area contributed by atoms with E-state index in [0.717, 1.165) is 44.1 Å². The summed E-state index contributed by atoms with van der Waals surface area (Å²) >= 11 is 0. The summed E-state index contributed by atoms with van der Waals surface area (Å²) in [5.74, 6) is 0.744. The zero-order chi connectivity index (χ0) is 24.5. The van der Waals surface area contributed by atoms with Crippen LogP contribution in [0.25, 0.3) is 10.9 Å². The van der Waals surface area contributed by atoms with E-state index in [0.29, 0.717) is 42.8 Å². The Labute approximate surface area is 201 Å². The zero-order valence-electron chi connectivity index (χ0n) is 20.4. The molecule has 4 rings (SSSR count). The van der Waals surface area contributed by atoms with E-state index in [4.69, 9.17) is 4.98 Å². The summed E-state index contributed by atoms with van der Waals surface area (Å²) in [5.41, 5.74) is 1.60. The molecule has 2 N–H and O–H groups in total. The Morgan fingerprint density at radius 1 is 1.18 bits per heavy atom. The van der Waals surface area contributed by atoms with Crippen LogP contribution in [0.4, 0.5) is 5.95 Å². The third-order valence-electron chi connectivity index (χ3n) is 7.32. The van der Waals surface area contributed by atoms with Crippen molar-refractivity contribution in [1.29, 1.82) is 0 Å². The topological polar surface area (TPSA) is 117 Å². The molecule has 1 saturated carbocycles. The predicted molar refractivity (Wildman–Crippen MR) is 134 cm³/mol. The van der Waals surface area contributed by atoms with Gasteiger partial charge in [-0.1, -0.05) is 13.3 Å². The van der Waals surface area contributed by atoms with Gasteiger partial charge in [0.25, 0.3) is 5.56 Å². The Kier molecular flexibility index (Phi) is 7.59. The van der Waals surface area contributed by atoms with Gasteiger partial charge in [-0.15, -0.1) is 0 Å². The third-order valence-corrected chi connectivity index (χ3v) is 8.63. The quantitative estimate of drug-likeness (QED) is 0.611. The van der Waals surface area contributed by atoms with Gasteiger partial charge in [0.15, 0.2) is 0 Å². The van der Waals surface area contributed by atoms with Crippen LogP contribution < -0.4 is 10.9 Å². The fraction of sp³-hybridized carbons (Fsp3) is 0.708. The highest BCUT2D eigenvalue weighted by Gasteiger charge is 2.29. The highest BCUT2D eigenvalue weighted by atomic mass is 32.2. The standard InChI is InChI=1S/C24H37N5O4S/c1-4-5-16(2)26-24-25-14-20-22(27-24)21(17-6-8-19(30)9-7-17)15-29(23(20)31)18-10-12-28(13-11-18)34(3,32)33/h14-19,30H,4-13H2,1-3H3,(H,25,26,27). The van der Waals surface area contributed by atoms with Gasteiger partial charge in [0, 0.05) is 37.6 Å². The first-order valence-corrected chi connectivity index (χ1v) is 14.3. The molecule has 0 spiro atoms. The number of pyridine rings is 1. The van der Waals surface area contributed by atoms with Gasteiger partial charge in [0.1, 0.15) is 0 Å². The molecule has 1 atom stereocenters. The molecule has 2 aliphatic rings. The average molecular weight is 492 g/mol. The Hall–Kier alpha value is -2.04. The number of hydrogen-bond acceptors (Lipinski definition) is 7. The van der Waals surface area contributed by atoms with E-state index in [2.05, 4.69) is 24.1 Å². The smallest absolute Gasteiger partial charge is 0.261 e. The highest BCUT2D eigenvalue weighted by Crippen LogP contribution is 2.36. The molecule has 0 bridgehead atoms. The summed E-state index contributed by atoms with van der Waals surface area (Å²) in [4.78, 5) is 22.8. The van der Waals surface area contributed by atoms with E-state index in [9.17, 15) is 18.3 Å². The summed E-state index contributed by atoms with van der Waals surface area (Å²) in [6.07, 6.45) is 11.0. The van der Waals surface area contributed by atoms with Gasteiger partial charge in [-0.05, 0) is 63.4 Å². The van der Waals surface area contributed by atoms with Crippen LogP contribution in [0.1, 0.15) is 82.7 Å². The number of nitrogens with zero attached hydrogens (tertiary/aromatic N) is 4. The highest BCUT2D eigenvalue weighted by molar-refractivity contribution is 7.88. The number of aromatic nitrogens is 3. The van der Waals surface area contributed by atoms with E-state index in [1.807, 2.05) is 6.20 Å². The van der Waals surface area contributed by atoms with Crippen molar-refractivity contribution in [2.24, 2.45) is 0 Å². The fourth-order valence-corrected chi connectivity index (χ4v) is 6.25. The molecule has 3 heterocycles. The van der Waals surface area contributed by atoms with Crippen LogP contribution in [0.3, 0.4) is 0 Å². The van der Waals surface area contributed by atoms with Crippen LogP contribution in [-0.2, 0) is 10.0 Å². The van der Waals surface area contributed by atoms with Gasteiger partial charge in [-0.2, -0.15) is 0 Å². The molecule has 1 saturated heterocycles. The molecule has 9 nitrogen and oxygen atoms in total. The molecule has 0 radical (unpaired) electrons. The molecule has 2 aromatic rings. The van der Waals surface area contributed by atoms with Crippen molar-refractivity contribution in [3.63, 3.8) is 0 Å². The molecule has 34 heavy (non-hydrogen) atoms. The van der Waals surface area contributed by atoms with E-state index in [1.165, 1.54) is 10.6 Å². The van der Waals surface area contributed by atoms with Gasteiger partial charge in [0.2, 0.25) is 16.0 Å². The Balaban J connectivity index is 1.73. The van der Waals surface area contributed by atoms with Crippen LogP contribution in [0.5, 0.6) is 0 Å². The van der Waals surface area contributed by atoms with E-state index < -0.39 is 10.0 Å². The molecule has 0 aromatic carbocycles. The van der Waals surface area contributed by atoms with Crippen molar-refractivity contribution in [3.8, 4) is 0 Å². The van der Waals surface area contributed by atoms with Crippen LogP contribution >= 0.6 is 0 Å². The van der Waals surface area contributed by atoms with Gasteiger partial charge < -0.3 is 15.0 Å². The second-order valence-corrected chi connectivity index (χ2v) is 12.0.